The second kappa shape index (κ2) is 8.04. The maximum atomic E-state index is 12.3. The number of rotatable bonds is 6. The highest BCUT2D eigenvalue weighted by Gasteiger charge is 2.14. The molecule has 0 aliphatic heterocycles. The topological polar surface area (TPSA) is 98.5 Å². The van der Waals surface area contributed by atoms with Crippen LogP contribution in [0.25, 0.3) is 10.2 Å². The number of nitrogens with zero attached hydrogens (tertiary/aromatic N) is 1. The number of fused-ring (bicyclic) bond motifs is 1. The van der Waals surface area contributed by atoms with Crippen molar-refractivity contribution in [3.05, 3.63) is 42.0 Å². The van der Waals surface area contributed by atoms with Crippen LogP contribution in [0.4, 0.5) is 10.8 Å². The first kappa shape index (κ1) is 19.9. The van der Waals surface area contributed by atoms with E-state index in [2.05, 4.69) is 36.5 Å². The predicted molar refractivity (Wildman–Crippen MR) is 113 cm³/mol. The monoisotopic (exact) mass is 400 g/mol. The normalized spacial score (nSPS) is 11.3. The van der Waals surface area contributed by atoms with Crippen LogP contribution in [-0.4, -0.2) is 24.6 Å². The van der Waals surface area contributed by atoms with Crippen LogP contribution in [0.1, 0.15) is 26.3 Å². The number of carbonyl (C=O) groups excluding carboxylic acids is 1. The summed E-state index contributed by atoms with van der Waals surface area (Å²) in [6.07, 6.45) is 0. The zero-order chi connectivity index (χ0) is 20.3. The maximum Gasteiger partial charge on any atom is 0.262 e. The van der Waals surface area contributed by atoms with Crippen LogP contribution in [0.5, 0.6) is 11.5 Å². The first-order chi connectivity index (χ1) is 13.3. The highest BCUT2D eigenvalue weighted by molar-refractivity contribution is 7.22. The number of methoxy groups -OCH3 is 1. The van der Waals surface area contributed by atoms with Gasteiger partial charge in [0, 0.05) is 11.8 Å². The van der Waals surface area contributed by atoms with E-state index in [9.17, 15) is 4.79 Å². The lowest BCUT2D eigenvalue weighted by molar-refractivity contribution is -0.118. The van der Waals surface area contributed by atoms with Crippen LogP contribution in [0, 0.1) is 0 Å². The minimum Gasteiger partial charge on any atom is -0.494 e. The molecule has 1 amide bonds. The number of benzene rings is 2. The number of ether oxygens (including phenoxy) is 2. The van der Waals surface area contributed by atoms with Crippen LogP contribution in [-0.2, 0) is 10.2 Å². The summed E-state index contributed by atoms with van der Waals surface area (Å²) in [5.41, 5.74) is 5.10. The van der Waals surface area contributed by atoms with E-state index in [1.807, 2.05) is 30.3 Å². The van der Waals surface area contributed by atoms with Crippen molar-refractivity contribution >= 4 is 38.3 Å². The van der Waals surface area contributed by atoms with Gasteiger partial charge in [0.25, 0.3) is 5.91 Å². The van der Waals surface area contributed by atoms with Gasteiger partial charge in [-0.2, -0.15) is 0 Å². The Labute approximate surface area is 167 Å². The summed E-state index contributed by atoms with van der Waals surface area (Å²) in [6, 6.07) is 11.3. The molecule has 3 rings (SSSR count). The fraction of sp³-hybridized carbons (Fsp3) is 0.300. The van der Waals surface area contributed by atoms with Gasteiger partial charge in [0.15, 0.2) is 11.7 Å². The van der Waals surface area contributed by atoms with Gasteiger partial charge in [-0.1, -0.05) is 44.2 Å². The molecule has 0 aliphatic carbocycles. The molecule has 148 valence electrons. The highest BCUT2D eigenvalue weighted by atomic mass is 32.1. The lowest BCUT2D eigenvalue weighted by Crippen LogP contribution is -2.20. The quantitative estimate of drug-likeness (QED) is 0.429. The number of nitrogen functional groups attached to an aromatic ring is 1. The molecule has 0 bridgehead atoms. The number of carbonyl (C=O) groups is 1. The average molecular weight is 401 g/mol. The largest absolute Gasteiger partial charge is 0.494 e. The predicted octanol–water partition coefficient (Wildman–Crippen LogP) is 3.91. The molecule has 0 saturated carbocycles. The van der Waals surface area contributed by atoms with Crippen LogP contribution in [0.15, 0.2) is 36.4 Å². The number of hydrogen-bond donors (Lipinski definition) is 3. The van der Waals surface area contributed by atoms with Gasteiger partial charge in [0.05, 0.1) is 11.8 Å². The average Bonchev–Trinajstić information content (AvgIpc) is 3.08. The molecule has 4 N–H and O–H groups in total. The Morgan fingerprint density at radius 2 is 1.93 bits per heavy atom. The zero-order valence-corrected chi connectivity index (χ0v) is 17.1. The van der Waals surface area contributed by atoms with Gasteiger partial charge in [-0.25, -0.2) is 10.8 Å². The molecule has 2 aromatic carbocycles. The Balaban J connectivity index is 1.66. The van der Waals surface area contributed by atoms with Gasteiger partial charge in [0.1, 0.15) is 17.0 Å². The number of anilines is 2. The van der Waals surface area contributed by atoms with E-state index < -0.39 is 0 Å². The Bertz CT molecular complexity index is 978. The van der Waals surface area contributed by atoms with E-state index >= 15 is 0 Å². The first-order valence-corrected chi connectivity index (χ1v) is 9.60. The number of amides is 1. The fourth-order valence-corrected chi connectivity index (χ4v) is 3.52. The van der Waals surface area contributed by atoms with Crippen molar-refractivity contribution in [2.24, 2.45) is 5.84 Å². The number of nitrogens with one attached hydrogen (secondary N) is 2. The molecular weight excluding hydrogens is 376 g/mol. The Morgan fingerprint density at radius 3 is 2.54 bits per heavy atom. The Morgan fingerprint density at radius 1 is 1.21 bits per heavy atom. The third-order valence-electron chi connectivity index (χ3n) is 4.18. The van der Waals surface area contributed by atoms with Crippen LogP contribution in [0.3, 0.4) is 0 Å². The summed E-state index contributed by atoms with van der Waals surface area (Å²) in [4.78, 5) is 16.6. The van der Waals surface area contributed by atoms with Crippen molar-refractivity contribution in [3.63, 3.8) is 0 Å². The molecule has 0 unspecified atom stereocenters. The summed E-state index contributed by atoms with van der Waals surface area (Å²) in [7, 11) is 1.56. The molecule has 3 aromatic rings. The third-order valence-corrected chi connectivity index (χ3v) is 5.11. The molecule has 0 spiro atoms. The molecule has 0 radical (unpaired) electrons. The van der Waals surface area contributed by atoms with Gasteiger partial charge >= 0.3 is 0 Å². The van der Waals surface area contributed by atoms with Crippen molar-refractivity contribution < 1.29 is 14.3 Å². The molecular formula is C20H24N4O3S. The second-order valence-electron chi connectivity index (χ2n) is 7.30. The molecule has 0 fully saturated rings. The number of aromatic nitrogens is 1. The van der Waals surface area contributed by atoms with Gasteiger partial charge in [-0.15, -0.1) is 0 Å². The molecule has 0 atom stereocenters. The summed E-state index contributed by atoms with van der Waals surface area (Å²) in [6.45, 7) is 6.36. The lowest BCUT2D eigenvalue weighted by atomic mass is 9.87. The van der Waals surface area contributed by atoms with Crippen LogP contribution in [0.2, 0.25) is 0 Å². The van der Waals surface area contributed by atoms with E-state index in [1.165, 1.54) is 16.9 Å². The van der Waals surface area contributed by atoms with E-state index in [1.54, 1.807) is 13.2 Å². The van der Waals surface area contributed by atoms with E-state index in [0.29, 0.717) is 27.8 Å². The minimum atomic E-state index is -0.261. The molecule has 1 heterocycles. The fourth-order valence-electron chi connectivity index (χ4n) is 2.69. The van der Waals surface area contributed by atoms with Crippen molar-refractivity contribution in [1.29, 1.82) is 0 Å². The Kier molecular flexibility index (Phi) is 5.71. The van der Waals surface area contributed by atoms with Crippen LogP contribution < -0.4 is 26.1 Å². The van der Waals surface area contributed by atoms with Crippen molar-refractivity contribution in [2.75, 3.05) is 24.5 Å². The number of nitrogens with two attached hydrogens (primary N) is 1. The molecule has 0 saturated heterocycles. The smallest absolute Gasteiger partial charge is 0.262 e. The summed E-state index contributed by atoms with van der Waals surface area (Å²) >= 11 is 1.37. The van der Waals surface area contributed by atoms with Gasteiger partial charge in [-0.3, -0.25) is 10.2 Å². The molecule has 8 heteroatoms. The standard InChI is InChI=1S/C20H24N4O3S/c1-20(2,3)12-5-7-14(8-6-12)27-11-17(25)22-13-9-15(26-4)18-16(10-13)28-19(23-18)24-21/h5-10H,11,21H2,1-4H3,(H,22,25)(H,23,24). The maximum absolute atomic E-state index is 12.3. The number of hydrogen-bond acceptors (Lipinski definition) is 7. The van der Waals surface area contributed by atoms with Crippen molar-refractivity contribution in [1.82, 2.24) is 4.98 Å². The zero-order valence-electron chi connectivity index (χ0n) is 16.3. The molecule has 1 aromatic heterocycles. The van der Waals surface area contributed by atoms with Gasteiger partial charge in [-0.05, 0) is 29.2 Å². The first-order valence-electron chi connectivity index (χ1n) is 8.78. The summed E-state index contributed by atoms with van der Waals surface area (Å²) < 4.78 is 11.8. The summed E-state index contributed by atoms with van der Waals surface area (Å²) in [5, 5.41) is 3.39. The number of thiazole rings is 1. The third kappa shape index (κ3) is 4.52. The van der Waals surface area contributed by atoms with E-state index in [4.69, 9.17) is 15.3 Å². The molecule has 7 nitrogen and oxygen atoms in total. The van der Waals surface area contributed by atoms with Crippen molar-refractivity contribution in [2.45, 2.75) is 26.2 Å². The minimum absolute atomic E-state index is 0.0730. The second-order valence-corrected chi connectivity index (χ2v) is 8.33. The van der Waals surface area contributed by atoms with Gasteiger partial charge < -0.3 is 14.8 Å². The van der Waals surface area contributed by atoms with Gasteiger partial charge in [0.2, 0.25) is 0 Å². The molecule has 28 heavy (non-hydrogen) atoms. The highest BCUT2D eigenvalue weighted by Crippen LogP contribution is 2.35. The number of hydrazine groups is 1. The SMILES string of the molecule is COc1cc(NC(=O)COc2ccc(C(C)(C)C)cc2)cc2sc(NN)nc12. The Hall–Kier alpha value is -2.84. The van der Waals surface area contributed by atoms with Crippen LogP contribution >= 0.6 is 11.3 Å². The lowest BCUT2D eigenvalue weighted by Gasteiger charge is -2.19. The molecule has 0 aliphatic rings. The van der Waals surface area contributed by atoms with E-state index in [-0.39, 0.29) is 17.9 Å². The summed E-state index contributed by atoms with van der Waals surface area (Å²) in [5.74, 6) is 6.37. The van der Waals surface area contributed by atoms with Crippen molar-refractivity contribution in [3.8, 4) is 11.5 Å². The van der Waals surface area contributed by atoms with E-state index in [0.717, 1.165) is 4.70 Å².